The van der Waals surface area contributed by atoms with Gasteiger partial charge in [-0.3, -0.25) is 0 Å². The van der Waals surface area contributed by atoms with Crippen molar-refractivity contribution in [3.8, 4) is 0 Å². The topological polar surface area (TPSA) is 44.7 Å². The highest BCUT2D eigenvalue weighted by Gasteiger charge is 2.38. The molecule has 0 radical (unpaired) electrons. The van der Waals surface area contributed by atoms with E-state index < -0.39 is 21.5 Å². The molecule has 1 unspecified atom stereocenters. The minimum atomic E-state index is -1.77. The summed E-state index contributed by atoms with van der Waals surface area (Å²) in [6.07, 6.45) is -1.02. The molecule has 0 bridgehead atoms. The first-order valence-corrected chi connectivity index (χ1v) is 6.22. The summed E-state index contributed by atoms with van der Waals surface area (Å²) in [5, 5.41) is 4.83. The molecule has 0 aromatic carbocycles. The number of carbonyl (C=O) groups excluding carboxylic acids is 1. The van der Waals surface area contributed by atoms with Crippen LogP contribution in [0.5, 0.6) is 0 Å². The van der Waals surface area contributed by atoms with Crippen LogP contribution in [0.2, 0.25) is 0 Å². The van der Waals surface area contributed by atoms with Crippen molar-refractivity contribution >= 4 is 58.2 Å². The Hall–Kier alpha value is -0.0600. The molecule has 0 saturated carbocycles. The van der Waals surface area contributed by atoms with Gasteiger partial charge in [0.15, 0.2) is 6.17 Å². The second-order valence-corrected chi connectivity index (χ2v) is 6.98. The molecule has 0 aliphatic heterocycles. The van der Waals surface area contributed by atoms with E-state index in [-0.39, 0.29) is 0 Å². The Morgan fingerprint density at radius 3 is 2.18 bits per heavy atom. The summed E-state index contributed by atoms with van der Waals surface area (Å²) < 4.78 is -1.77. The molecular weight excluding hydrogens is 305 g/mol. The molecule has 4 nitrogen and oxygen atoms in total. The molecule has 0 aromatic heterocycles. The first kappa shape index (κ1) is 16.9. The molecule has 0 aliphatic carbocycles. The van der Waals surface area contributed by atoms with Gasteiger partial charge >= 0.3 is 6.03 Å². The van der Waals surface area contributed by atoms with E-state index in [2.05, 4.69) is 27.7 Å². The Morgan fingerprint density at radius 1 is 1.41 bits per heavy atom. The lowest BCUT2D eigenvalue weighted by Crippen LogP contribution is -2.52. The third-order valence-electron chi connectivity index (χ3n) is 1.64. The highest BCUT2D eigenvalue weighted by Crippen LogP contribution is 2.33. The van der Waals surface area contributed by atoms with Crippen LogP contribution in [0, 0.1) is 0 Å². The molecule has 98 valence electrons. The Balaban J connectivity index is 4.92. The monoisotopic (exact) mass is 317 g/mol. The van der Waals surface area contributed by atoms with Crippen molar-refractivity contribution in [2.24, 2.45) is 4.99 Å². The highest BCUT2D eigenvalue weighted by atomic mass is 35.6. The van der Waals surface area contributed by atoms with Crippen LogP contribution in [-0.2, 0) is 0 Å². The summed E-state index contributed by atoms with van der Waals surface area (Å²) in [6.45, 7) is 5.52. The SMILES string of the molecule is CN(C(=O)NC(C)(C)C)C(N=C=S)C(Cl)(Cl)Cl. The second kappa shape index (κ2) is 6.21. The van der Waals surface area contributed by atoms with Crippen molar-refractivity contribution < 1.29 is 4.79 Å². The Bertz CT molecular complexity index is 331. The molecular formula is C9H14Cl3N3OS. The van der Waals surface area contributed by atoms with Gasteiger partial charge in [0.2, 0.25) is 3.79 Å². The number of urea groups is 1. The number of halogens is 3. The third kappa shape index (κ3) is 6.43. The average Bonchev–Trinajstić information content (AvgIpc) is 2.08. The highest BCUT2D eigenvalue weighted by molar-refractivity contribution is 7.78. The van der Waals surface area contributed by atoms with Gasteiger partial charge in [0.25, 0.3) is 0 Å². The van der Waals surface area contributed by atoms with E-state index in [4.69, 9.17) is 34.8 Å². The smallest absolute Gasteiger partial charge is 0.319 e. The van der Waals surface area contributed by atoms with Crippen LogP contribution in [0.15, 0.2) is 4.99 Å². The van der Waals surface area contributed by atoms with Gasteiger partial charge < -0.3 is 10.2 Å². The summed E-state index contributed by atoms with van der Waals surface area (Å²) >= 11 is 21.6. The number of hydrogen-bond acceptors (Lipinski definition) is 3. The van der Waals surface area contributed by atoms with Crippen LogP contribution in [-0.4, -0.2) is 38.6 Å². The Morgan fingerprint density at radius 2 is 1.88 bits per heavy atom. The van der Waals surface area contributed by atoms with E-state index in [0.717, 1.165) is 4.90 Å². The normalized spacial score (nSPS) is 13.6. The lowest BCUT2D eigenvalue weighted by Gasteiger charge is -2.32. The van der Waals surface area contributed by atoms with Crippen LogP contribution in [0.1, 0.15) is 20.8 Å². The molecule has 0 fully saturated rings. The molecule has 0 rings (SSSR count). The van der Waals surface area contributed by atoms with Gasteiger partial charge in [-0.1, -0.05) is 34.8 Å². The molecule has 0 aliphatic rings. The van der Waals surface area contributed by atoms with Crippen molar-refractivity contribution in [1.82, 2.24) is 10.2 Å². The summed E-state index contributed by atoms with van der Waals surface area (Å²) in [4.78, 5) is 16.7. The lowest BCUT2D eigenvalue weighted by molar-refractivity contribution is 0.183. The van der Waals surface area contributed by atoms with E-state index >= 15 is 0 Å². The zero-order valence-electron chi connectivity index (χ0n) is 9.92. The number of rotatable bonds is 2. The molecule has 1 N–H and O–H groups in total. The predicted octanol–water partition coefficient (Wildman–Crippen LogP) is 3.23. The van der Waals surface area contributed by atoms with Gasteiger partial charge in [-0.25, -0.2) is 9.79 Å². The third-order valence-corrected chi connectivity index (χ3v) is 2.33. The molecule has 17 heavy (non-hydrogen) atoms. The van der Waals surface area contributed by atoms with Crippen molar-refractivity contribution in [2.75, 3.05) is 7.05 Å². The quantitative estimate of drug-likeness (QED) is 0.483. The summed E-state index contributed by atoms with van der Waals surface area (Å²) in [6, 6.07) is -0.414. The number of amides is 2. The van der Waals surface area contributed by atoms with Gasteiger partial charge in [0.1, 0.15) is 0 Å². The van der Waals surface area contributed by atoms with Crippen LogP contribution >= 0.6 is 47.0 Å². The summed E-state index contributed by atoms with van der Waals surface area (Å²) in [7, 11) is 1.46. The molecule has 0 aromatic rings. The summed E-state index contributed by atoms with van der Waals surface area (Å²) in [5.41, 5.74) is -0.398. The number of alkyl halides is 3. The largest absolute Gasteiger partial charge is 0.333 e. The summed E-state index contributed by atoms with van der Waals surface area (Å²) in [5.74, 6) is 0. The number of nitrogens with one attached hydrogen (secondary N) is 1. The second-order valence-electron chi connectivity index (χ2n) is 4.43. The first-order chi connectivity index (χ1) is 7.49. The maximum Gasteiger partial charge on any atom is 0.319 e. The maximum atomic E-state index is 11.8. The fourth-order valence-corrected chi connectivity index (χ4v) is 1.63. The van der Waals surface area contributed by atoms with E-state index in [1.807, 2.05) is 20.8 Å². The standard InChI is InChI=1S/C9H14Cl3N3OS/c1-8(2,3)14-7(16)15(4)6(13-5-17)9(10,11)12/h6H,1-4H3,(H,14,16). The zero-order chi connectivity index (χ0) is 13.9. The van der Waals surface area contributed by atoms with Crippen molar-refractivity contribution in [2.45, 2.75) is 36.3 Å². The molecule has 2 amide bonds. The number of nitrogens with zero attached hydrogens (tertiary/aromatic N) is 2. The van der Waals surface area contributed by atoms with Gasteiger partial charge in [-0.05, 0) is 33.0 Å². The number of aliphatic imine (C=N–C) groups is 1. The lowest BCUT2D eigenvalue weighted by atomic mass is 10.1. The molecule has 0 spiro atoms. The van der Waals surface area contributed by atoms with Gasteiger partial charge in [0, 0.05) is 12.6 Å². The molecule has 0 heterocycles. The van der Waals surface area contributed by atoms with Crippen molar-refractivity contribution in [3.63, 3.8) is 0 Å². The Labute approximate surface area is 121 Å². The van der Waals surface area contributed by atoms with Crippen LogP contribution in [0.4, 0.5) is 4.79 Å². The number of carbonyl (C=O) groups is 1. The number of isothiocyanates is 1. The minimum Gasteiger partial charge on any atom is -0.333 e. The first-order valence-electron chi connectivity index (χ1n) is 4.67. The van der Waals surface area contributed by atoms with E-state index in [0.29, 0.717) is 0 Å². The van der Waals surface area contributed by atoms with E-state index in [1.54, 1.807) is 0 Å². The van der Waals surface area contributed by atoms with Crippen molar-refractivity contribution in [3.05, 3.63) is 0 Å². The van der Waals surface area contributed by atoms with Crippen LogP contribution < -0.4 is 5.32 Å². The van der Waals surface area contributed by atoms with Gasteiger partial charge in [-0.15, -0.1) is 0 Å². The van der Waals surface area contributed by atoms with Gasteiger partial charge in [-0.2, -0.15) is 0 Å². The zero-order valence-corrected chi connectivity index (χ0v) is 13.0. The van der Waals surface area contributed by atoms with Crippen molar-refractivity contribution in [1.29, 1.82) is 0 Å². The Kier molecular flexibility index (Phi) is 6.19. The molecule has 1 atom stereocenters. The minimum absolute atomic E-state index is 0.398. The van der Waals surface area contributed by atoms with Crippen LogP contribution in [0.25, 0.3) is 0 Å². The molecule has 0 saturated heterocycles. The molecule has 8 heteroatoms. The van der Waals surface area contributed by atoms with Crippen LogP contribution in [0.3, 0.4) is 0 Å². The van der Waals surface area contributed by atoms with E-state index in [9.17, 15) is 4.79 Å². The average molecular weight is 319 g/mol. The van der Waals surface area contributed by atoms with E-state index in [1.165, 1.54) is 7.05 Å². The number of hydrogen-bond donors (Lipinski definition) is 1. The fourth-order valence-electron chi connectivity index (χ4n) is 0.949. The maximum absolute atomic E-state index is 11.8. The predicted molar refractivity (Wildman–Crippen MR) is 75.2 cm³/mol. The van der Waals surface area contributed by atoms with Gasteiger partial charge in [0.05, 0.1) is 5.16 Å². The number of thiocarbonyl (C=S) groups is 1. The fraction of sp³-hybridized carbons (Fsp3) is 0.778.